The fourth-order valence-electron chi connectivity index (χ4n) is 3.29. The number of benzene rings is 1. The van der Waals surface area contributed by atoms with E-state index in [2.05, 4.69) is 6.07 Å². The van der Waals surface area contributed by atoms with Crippen molar-refractivity contribution in [2.75, 3.05) is 13.2 Å². The minimum Gasteiger partial charge on any atom is -0.387 e. The van der Waals surface area contributed by atoms with Gasteiger partial charge in [-0.15, -0.1) is 0 Å². The molecule has 1 N–H and O–H groups in total. The molecule has 1 saturated heterocycles. The van der Waals surface area contributed by atoms with Crippen molar-refractivity contribution in [1.82, 2.24) is 0 Å². The molecule has 2 aliphatic rings. The predicted octanol–water partition coefficient (Wildman–Crippen LogP) is 1.84. The third-order valence-corrected chi connectivity index (χ3v) is 4.43. The number of ether oxygens (including phenoxy) is 1. The molecule has 94 valence electrons. The van der Waals surface area contributed by atoms with E-state index in [1.54, 1.807) is 0 Å². The third-order valence-electron chi connectivity index (χ3n) is 4.43. The first kappa shape index (κ1) is 11.7. The molecule has 1 aliphatic carbocycles. The van der Waals surface area contributed by atoms with E-state index in [9.17, 15) is 10.4 Å². The van der Waals surface area contributed by atoms with Gasteiger partial charge in [0.15, 0.2) is 0 Å². The van der Waals surface area contributed by atoms with E-state index in [1.807, 2.05) is 24.3 Å². The molecule has 1 atom stereocenters. The molecular formula is C15H17NO2. The highest BCUT2D eigenvalue weighted by Gasteiger charge is 2.54. The van der Waals surface area contributed by atoms with Crippen LogP contribution >= 0.6 is 0 Å². The van der Waals surface area contributed by atoms with Crippen LogP contribution < -0.4 is 0 Å². The third kappa shape index (κ3) is 1.57. The predicted molar refractivity (Wildman–Crippen MR) is 66.9 cm³/mol. The Morgan fingerprint density at radius 2 is 1.89 bits per heavy atom. The second-order valence-electron chi connectivity index (χ2n) is 5.50. The van der Waals surface area contributed by atoms with Crippen LogP contribution in [-0.2, 0) is 17.6 Å². The number of nitrogens with zero attached hydrogens (tertiary/aromatic N) is 1. The maximum absolute atomic E-state index is 11.0. The molecule has 1 aromatic rings. The molecule has 0 amide bonds. The standard InChI is InChI=1S/C15H17NO2/c16-10-14(6-3-7-18-11-14)15(17)8-12-4-1-2-5-13(12)9-15/h1-2,4-5,17H,3,6-9,11H2. The molecule has 1 fully saturated rings. The van der Waals surface area contributed by atoms with Gasteiger partial charge in [-0.2, -0.15) is 5.26 Å². The molecule has 1 aromatic carbocycles. The van der Waals surface area contributed by atoms with Crippen LogP contribution in [0.15, 0.2) is 24.3 Å². The van der Waals surface area contributed by atoms with Gasteiger partial charge in [-0.05, 0) is 24.0 Å². The Kier molecular flexibility index (Phi) is 2.65. The van der Waals surface area contributed by atoms with Gasteiger partial charge in [0.05, 0.1) is 18.3 Å². The van der Waals surface area contributed by atoms with Gasteiger partial charge in [-0.25, -0.2) is 0 Å². The highest BCUT2D eigenvalue weighted by Crippen LogP contribution is 2.46. The van der Waals surface area contributed by atoms with Crippen LogP contribution in [0.25, 0.3) is 0 Å². The topological polar surface area (TPSA) is 53.2 Å². The highest BCUT2D eigenvalue weighted by atomic mass is 16.5. The second-order valence-corrected chi connectivity index (χ2v) is 5.50. The number of aliphatic hydroxyl groups is 1. The fourth-order valence-corrected chi connectivity index (χ4v) is 3.29. The summed E-state index contributed by atoms with van der Waals surface area (Å²) in [4.78, 5) is 0. The van der Waals surface area contributed by atoms with Gasteiger partial charge in [0.1, 0.15) is 5.41 Å². The number of fused-ring (bicyclic) bond motifs is 1. The molecule has 3 rings (SSSR count). The zero-order chi connectivity index (χ0) is 12.6. The summed E-state index contributed by atoms with van der Waals surface area (Å²) >= 11 is 0. The lowest BCUT2D eigenvalue weighted by atomic mass is 9.68. The fraction of sp³-hybridized carbons (Fsp3) is 0.533. The van der Waals surface area contributed by atoms with Gasteiger partial charge in [-0.1, -0.05) is 24.3 Å². The first-order valence-corrected chi connectivity index (χ1v) is 6.47. The summed E-state index contributed by atoms with van der Waals surface area (Å²) in [6.07, 6.45) is 2.72. The number of hydrogen-bond donors (Lipinski definition) is 1. The quantitative estimate of drug-likeness (QED) is 0.818. The van der Waals surface area contributed by atoms with Gasteiger partial charge in [0.2, 0.25) is 0 Å². The van der Waals surface area contributed by atoms with Crippen LogP contribution in [0.3, 0.4) is 0 Å². The van der Waals surface area contributed by atoms with E-state index in [0.717, 1.165) is 12.8 Å². The van der Waals surface area contributed by atoms with Crippen molar-refractivity contribution in [2.45, 2.75) is 31.3 Å². The lowest BCUT2D eigenvalue weighted by Gasteiger charge is -2.42. The molecule has 0 saturated carbocycles. The monoisotopic (exact) mass is 243 g/mol. The maximum Gasteiger partial charge on any atom is 0.110 e. The molecule has 1 heterocycles. The lowest BCUT2D eigenvalue weighted by molar-refractivity contribution is -0.112. The van der Waals surface area contributed by atoms with Crippen LogP contribution in [-0.4, -0.2) is 23.9 Å². The Bertz CT molecular complexity index is 472. The minimum atomic E-state index is -0.966. The van der Waals surface area contributed by atoms with Crippen LogP contribution in [0.5, 0.6) is 0 Å². The summed E-state index contributed by atoms with van der Waals surface area (Å²) in [6, 6.07) is 10.4. The smallest absolute Gasteiger partial charge is 0.110 e. The molecule has 0 spiro atoms. The van der Waals surface area contributed by atoms with Gasteiger partial charge >= 0.3 is 0 Å². The van der Waals surface area contributed by atoms with Gasteiger partial charge in [0.25, 0.3) is 0 Å². The molecule has 0 aromatic heterocycles. The Morgan fingerprint density at radius 1 is 1.22 bits per heavy atom. The zero-order valence-electron chi connectivity index (χ0n) is 10.4. The van der Waals surface area contributed by atoms with Crippen molar-refractivity contribution < 1.29 is 9.84 Å². The van der Waals surface area contributed by atoms with E-state index in [-0.39, 0.29) is 0 Å². The molecule has 1 unspecified atom stereocenters. The molecule has 0 bridgehead atoms. The van der Waals surface area contributed by atoms with Crippen molar-refractivity contribution in [3.05, 3.63) is 35.4 Å². The van der Waals surface area contributed by atoms with Gasteiger partial charge in [0, 0.05) is 19.4 Å². The number of nitriles is 1. The number of rotatable bonds is 1. The van der Waals surface area contributed by atoms with Crippen LogP contribution in [0.4, 0.5) is 0 Å². The summed E-state index contributed by atoms with van der Waals surface area (Å²) in [7, 11) is 0. The van der Waals surface area contributed by atoms with E-state index in [1.165, 1.54) is 11.1 Å². The molecule has 18 heavy (non-hydrogen) atoms. The Morgan fingerprint density at radius 3 is 2.39 bits per heavy atom. The second kappa shape index (κ2) is 4.08. The molecule has 1 aliphatic heterocycles. The van der Waals surface area contributed by atoms with E-state index >= 15 is 0 Å². The average molecular weight is 243 g/mol. The van der Waals surface area contributed by atoms with Crippen molar-refractivity contribution in [2.24, 2.45) is 5.41 Å². The SMILES string of the molecule is N#CC1(C2(O)Cc3ccccc3C2)CCCOC1. The molecule has 3 heteroatoms. The normalized spacial score (nSPS) is 29.6. The maximum atomic E-state index is 11.0. The Balaban J connectivity index is 1.95. The summed E-state index contributed by atoms with van der Waals surface area (Å²) < 4.78 is 5.47. The first-order valence-electron chi connectivity index (χ1n) is 6.47. The Labute approximate surface area is 107 Å². The molecule has 3 nitrogen and oxygen atoms in total. The lowest BCUT2D eigenvalue weighted by Crippen LogP contribution is -2.53. The largest absolute Gasteiger partial charge is 0.387 e. The van der Waals surface area contributed by atoms with Crippen molar-refractivity contribution in [1.29, 1.82) is 5.26 Å². The average Bonchev–Trinajstić information content (AvgIpc) is 2.77. The molecule has 0 radical (unpaired) electrons. The Hall–Kier alpha value is -1.37. The summed E-state index contributed by atoms with van der Waals surface area (Å²) in [6.45, 7) is 1.06. The van der Waals surface area contributed by atoms with Crippen molar-refractivity contribution in [3.8, 4) is 6.07 Å². The summed E-state index contributed by atoms with van der Waals surface area (Å²) in [5, 5.41) is 20.5. The number of hydrogen-bond acceptors (Lipinski definition) is 3. The highest BCUT2D eigenvalue weighted by molar-refractivity contribution is 5.38. The van der Waals surface area contributed by atoms with Crippen molar-refractivity contribution >= 4 is 0 Å². The van der Waals surface area contributed by atoms with Crippen LogP contribution in [0.1, 0.15) is 24.0 Å². The minimum absolute atomic E-state index is 0.355. The summed E-state index contributed by atoms with van der Waals surface area (Å²) in [5.74, 6) is 0. The van der Waals surface area contributed by atoms with Gasteiger partial charge < -0.3 is 9.84 Å². The van der Waals surface area contributed by atoms with E-state index in [4.69, 9.17) is 4.74 Å². The van der Waals surface area contributed by atoms with Crippen LogP contribution in [0.2, 0.25) is 0 Å². The molecular weight excluding hydrogens is 226 g/mol. The summed E-state index contributed by atoms with van der Waals surface area (Å²) in [5.41, 5.74) is 0.622. The van der Waals surface area contributed by atoms with Crippen LogP contribution in [0, 0.1) is 16.7 Å². The van der Waals surface area contributed by atoms with E-state index in [0.29, 0.717) is 26.1 Å². The van der Waals surface area contributed by atoms with E-state index < -0.39 is 11.0 Å². The first-order chi connectivity index (χ1) is 8.69. The van der Waals surface area contributed by atoms with Gasteiger partial charge in [-0.3, -0.25) is 0 Å². The van der Waals surface area contributed by atoms with Crippen molar-refractivity contribution in [3.63, 3.8) is 0 Å². The zero-order valence-corrected chi connectivity index (χ0v) is 10.4.